The van der Waals surface area contributed by atoms with Gasteiger partial charge >= 0.3 is 0 Å². The Balaban J connectivity index is 1.49. The first-order valence-corrected chi connectivity index (χ1v) is 12.5. The standard InChI is InChI=1S/C23H27N5OS2/c1-3-14-27-21(18-10-6-4-7-11-18)25-26-23(27)31-16-19-15-30-22(24-19)28(17(2)29)20-12-8-5-9-13-20/h3,5,8-9,12-13,15,18H,1,4,6-7,10-11,14,16H2,2H3. The Kier molecular flexibility index (Phi) is 7.19. The maximum absolute atomic E-state index is 12.3. The third-order valence-corrected chi connectivity index (χ3v) is 7.31. The Morgan fingerprint density at radius 3 is 2.74 bits per heavy atom. The molecule has 1 aromatic carbocycles. The molecule has 2 heterocycles. The molecule has 162 valence electrons. The van der Waals surface area contributed by atoms with Crippen LogP contribution < -0.4 is 4.90 Å². The van der Waals surface area contributed by atoms with E-state index in [1.54, 1.807) is 23.6 Å². The highest BCUT2D eigenvalue weighted by molar-refractivity contribution is 7.98. The second-order valence-electron chi connectivity index (χ2n) is 7.68. The van der Waals surface area contributed by atoms with E-state index in [0.29, 0.717) is 16.8 Å². The molecule has 3 aromatic rings. The van der Waals surface area contributed by atoms with E-state index >= 15 is 0 Å². The quantitative estimate of drug-likeness (QED) is 0.312. The summed E-state index contributed by atoms with van der Waals surface area (Å²) >= 11 is 3.12. The number of aromatic nitrogens is 4. The number of amides is 1. The number of thioether (sulfide) groups is 1. The first-order chi connectivity index (χ1) is 15.2. The molecule has 0 aliphatic heterocycles. The van der Waals surface area contributed by atoms with Crippen LogP contribution in [0.15, 0.2) is 53.5 Å². The second-order valence-corrected chi connectivity index (χ2v) is 9.45. The van der Waals surface area contributed by atoms with Crippen LogP contribution in [0.2, 0.25) is 0 Å². The van der Waals surface area contributed by atoms with E-state index in [1.165, 1.54) is 43.4 Å². The lowest BCUT2D eigenvalue weighted by Gasteiger charge is -2.21. The van der Waals surface area contributed by atoms with Crippen LogP contribution in [-0.4, -0.2) is 25.7 Å². The van der Waals surface area contributed by atoms with Gasteiger partial charge in [0, 0.05) is 30.5 Å². The maximum atomic E-state index is 12.3. The van der Waals surface area contributed by atoms with Crippen LogP contribution in [-0.2, 0) is 17.1 Å². The van der Waals surface area contributed by atoms with Crippen LogP contribution in [0.4, 0.5) is 10.8 Å². The fraction of sp³-hybridized carbons (Fsp3) is 0.391. The molecule has 0 saturated heterocycles. The van der Waals surface area contributed by atoms with Gasteiger partial charge in [0.15, 0.2) is 10.3 Å². The van der Waals surface area contributed by atoms with E-state index in [0.717, 1.165) is 28.9 Å². The largest absolute Gasteiger partial charge is 0.302 e. The number of benzene rings is 1. The molecule has 31 heavy (non-hydrogen) atoms. The van der Waals surface area contributed by atoms with Crippen molar-refractivity contribution >= 4 is 39.8 Å². The van der Waals surface area contributed by atoms with Crippen molar-refractivity contribution in [1.29, 1.82) is 0 Å². The summed E-state index contributed by atoms with van der Waals surface area (Å²) in [5, 5.41) is 12.6. The van der Waals surface area contributed by atoms with Crippen LogP contribution in [0.1, 0.15) is 56.5 Å². The van der Waals surface area contributed by atoms with Crippen molar-refractivity contribution in [1.82, 2.24) is 19.7 Å². The van der Waals surface area contributed by atoms with Crippen LogP contribution in [0.5, 0.6) is 0 Å². The number of allylic oxidation sites excluding steroid dienone is 1. The first kappa shape index (κ1) is 21.8. The fourth-order valence-corrected chi connectivity index (χ4v) is 5.82. The highest BCUT2D eigenvalue weighted by Crippen LogP contribution is 2.35. The van der Waals surface area contributed by atoms with Gasteiger partial charge in [-0.05, 0) is 25.0 Å². The number of carbonyl (C=O) groups excluding carboxylic acids is 1. The van der Waals surface area contributed by atoms with E-state index < -0.39 is 0 Å². The third kappa shape index (κ3) is 5.07. The highest BCUT2D eigenvalue weighted by atomic mass is 32.2. The number of hydrogen-bond acceptors (Lipinski definition) is 6. The zero-order valence-corrected chi connectivity index (χ0v) is 19.4. The van der Waals surface area contributed by atoms with Gasteiger partial charge in [-0.15, -0.1) is 28.1 Å². The van der Waals surface area contributed by atoms with Crippen molar-refractivity contribution in [3.8, 4) is 0 Å². The summed E-state index contributed by atoms with van der Waals surface area (Å²) in [6.45, 7) is 6.20. The number of thiazole rings is 1. The summed E-state index contributed by atoms with van der Waals surface area (Å²) in [5.74, 6) is 2.21. The summed E-state index contributed by atoms with van der Waals surface area (Å²) in [6.07, 6.45) is 8.14. The minimum absolute atomic E-state index is 0.0531. The van der Waals surface area contributed by atoms with Gasteiger partial charge in [-0.2, -0.15) is 0 Å². The molecule has 1 saturated carbocycles. The SMILES string of the molecule is C=CCn1c(SCc2csc(N(C(C)=O)c3ccccc3)n2)nnc1C1CCCCC1. The number of nitrogens with zero attached hydrogens (tertiary/aromatic N) is 5. The summed E-state index contributed by atoms with van der Waals surface area (Å²) < 4.78 is 2.20. The topological polar surface area (TPSA) is 63.9 Å². The lowest BCUT2D eigenvalue weighted by molar-refractivity contribution is -0.115. The molecule has 6 nitrogen and oxygen atoms in total. The Bertz CT molecular complexity index is 1020. The highest BCUT2D eigenvalue weighted by Gasteiger charge is 2.23. The molecule has 1 amide bonds. The van der Waals surface area contributed by atoms with E-state index in [1.807, 2.05) is 41.8 Å². The lowest BCUT2D eigenvalue weighted by Crippen LogP contribution is -2.22. The number of para-hydroxylation sites is 1. The minimum Gasteiger partial charge on any atom is -0.302 e. The van der Waals surface area contributed by atoms with Crippen molar-refractivity contribution in [2.24, 2.45) is 0 Å². The Hall–Kier alpha value is -2.45. The molecule has 0 radical (unpaired) electrons. The van der Waals surface area contributed by atoms with Crippen molar-refractivity contribution < 1.29 is 4.79 Å². The van der Waals surface area contributed by atoms with Gasteiger partial charge in [0.1, 0.15) is 5.82 Å². The molecule has 0 bridgehead atoms. The molecule has 4 rings (SSSR count). The molecule has 8 heteroatoms. The maximum Gasteiger partial charge on any atom is 0.230 e. The van der Waals surface area contributed by atoms with Gasteiger partial charge < -0.3 is 4.57 Å². The summed E-state index contributed by atoms with van der Waals surface area (Å²) in [4.78, 5) is 18.6. The van der Waals surface area contributed by atoms with Crippen LogP contribution in [0.25, 0.3) is 0 Å². The summed E-state index contributed by atoms with van der Waals surface area (Å²) in [6, 6.07) is 9.62. The molecule has 0 unspecified atom stereocenters. The van der Waals surface area contributed by atoms with Gasteiger partial charge in [0.25, 0.3) is 0 Å². The number of carbonyl (C=O) groups is 1. The van der Waals surface area contributed by atoms with Crippen LogP contribution >= 0.6 is 23.1 Å². The second kappa shape index (κ2) is 10.2. The molecule has 0 atom stereocenters. The molecule has 0 N–H and O–H groups in total. The Morgan fingerprint density at radius 1 is 1.26 bits per heavy atom. The van der Waals surface area contributed by atoms with Crippen molar-refractivity contribution in [2.45, 2.75) is 62.4 Å². The summed E-state index contributed by atoms with van der Waals surface area (Å²) in [7, 11) is 0. The first-order valence-electron chi connectivity index (χ1n) is 10.6. The molecule has 1 fully saturated rings. The minimum atomic E-state index is -0.0531. The molecule has 2 aromatic heterocycles. The van der Waals surface area contributed by atoms with E-state index in [9.17, 15) is 4.79 Å². The zero-order valence-electron chi connectivity index (χ0n) is 17.7. The predicted octanol–water partition coefficient (Wildman–Crippen LogP) is 5.95. The number of anilines is 2. The van der Waals surface area contributed by atoms with E-state index in [-0.39, 0.29) is 5.91 Å². The molecular formula is C23H27N5OS2. The van der Waals surface area contributed by atoms with Crippen molar-refractivity contribution in [3.05, 3.63) is 59.9 Å². The van der Waals surface area contributed by atoms with Gasteiger partial charge in [0.2, 0.25) is 5.91 Å². The smallest absolute Gasteiger partial charge is 0.230 e. The van der Waals surface area contributed by atoms with E-state index in [4.69, 9.17) is 4.98 Å². The van der Waals surface area contributed by atoms with Crippen molar-refractivity contribution in [3.63, 3.8) is 0 Å². The predicted molar refractivity (Wildman–Crippen MR) is 127 cm³/mol. The lowest BCUT2D eigenvalue weighted by atomic mass is 9.89. The van der Waals surface area contributed by atoms with Gasteiger partial charge in [-0.3, -0.25) is 9.69 Å². The normalized spacial score (nSPS) is 14.5. The van der Waals surface area contributed by atoms with Crippen LogP contribution in [0, 0.1) is 0 Å². The average Bonchev–Trinajstić information content (AvgIpc) is 3.41. The Morgan fingerprint density at radius 2 is 2.03 bits per heavy atom. The van der Waals surface area contributed by atoms with Gasteiger partial charge in [0.05, 0.1) is 11.4 Å². The number of hydrogen-bond donors (Lipinski definition) is 0. The third-order valence-electron chi connectivity index (χ3n) is 5.44. The molecule has 1 aliphatic rings. The summed E-state index contributed by atoms with van der Waals surface area (Å²) in [5.41, 5.74) is 1.76. The molecular weight excluding hydrogens is 426 g/mol. The molecule has 0 spiro atoms. The van der Waals surface area contributed by atoms with Gasteiger partial charge in [-0.25, -0.2) is 4.98 Å². The van der Waals surface area contributed by atoms with E-state index in [2.05, 4.69) is 21.3 Å². The monoisotopic (exact) mass is 453 g/mol. The van der Waals surface area contributed by atoms with Crippen LogP contribution in [0.3, 0.4) is 0 Å². The average molecular weight is 454 g/mol. The Labute approximate surface area is 191 Å². The number of rotatable bonds is 8. The van der Waals surface area contributed by atoms with Gasteiger partial charge in [-0.1, -0.05) is 55.3 Å². The zero-order chi connectivity index (χ0) is 21.6. The van der Waals surface area contributed by atoms with Crippen molar-refractivity contribution in [2.75, 3.05) is 4.90 Å². The molecule has 1 aliphatic carbocycles. The fourth-order valence-electron chi connectivity index (χ4n) is 3.98.